The second kappa shape index (κ2) is 6.98. The number of rotatable bonds is 6. The Morgan fingerprint density at radius 2 is 2.17 bits per heavy atom. The van der Waals surface area contributed by atoms with Gasteiger partial charge in [0.15, 0.2) is 0 Å². The summed E-state index contributed by atoms with van der Waals surface area (Å²) >= 11 is 0. The van der Waals surface area contributed by atoms with Gasteiger partial charge in [0, 0.05) is 43.6 Å². The topological polar surface area (TPSA) is 64.7 Å². The standard InChI is InChI=1S/C17H25N5O/c1-3-21-15(8-11-20-21)17(23)18-10-9-16-19-12-13(2)22(16)14-6-4-5-7-14/h8,11-12,14H,3-7,9-10H2,1-2H3,(H,18,23). The van der Waals surface area contributed by atoms with Gasteiger partial charge in [-0.3, -0.25) is 9.48 Å². The van der Waals surface area contributed by atoms with Gasteiger partial charge in [-0.1, -0.05) is 12.8 Å². The second-order valence-electron chi connectivity index (χ2n) is 6.16. The lowest BCUT2D eigenvalue weighted by molar-refractivity contribution is 0.0943. The van der Waals surface area contributed by atoms with E-state index in [0.29, 0.717) is 24.8 Å². The summed E-state index contributed by atoms with van der Waals surface area (Å²) in [4.78, 5) is 16.8. The fourth-order valence-corrected chi connectivity index (χ4v) is 3.50. The molecule has 1 saturated carbocycles. The van der Waals surface area contributed by atoms with Crippen LogP contribution in [0.15, 0.2) is 18.5 Å². The number of hydrogen-bond acceptors (Lipinski definition) is 3. The molecule has 6 heteroatoms. The van der Waals surface area contributed by atoms with Crippen LogP contribution in [0.25, 0.3) is 0 Å². The molecule has 0 aromatic carbocycles. The number of aromatic nitrogens is 4. The predicted octanol–water partition coefficient (Wildman–Crippen LogP) is 2.50. The van der Waals surface area contributed by atoms with Gasteiger partial charge in [0.05, 0.1) is 0 Å². The third-order valence-electron chi connectivity index (χ3n) is 4.63. The number of amides is 1. The molecule has 2 aromatic rings. The zero-order chi connectivity index (χ0) is 16.2. The molecular weight excluding hydrogens is 290 g/mol. The van der Waals surface area contributed by atoms with Crippen LogP contribution in [0.4, 0.5) is 0 Å². The first-order chi connectivity index (χ1) is 11.2. The van der Waals surface area contributed by atoms with Crippen LogP contribution in [0, 0.1) is 6.92 Å². The normalized spacial score (nSPS) is 15.2. The lowest BCUT2D eigenvalue weighted by Crippen LogP contribution is -2.29. The molecule has 1 amide bonds. The largest absolute Gasteiger partial charge is 0.350 e. The van der Waals surface area contributed by atoms with E-state index in [0.717, 1.165) is 12.2 Å². The van der Waals surface area contributed by atoms with Crippen molar-refractivity contribution in [1.82, 2.24) is 24.6 Å². The van der Waals surface area contributed by atoms with Crippen molar-refractivity contribution in [2.24, 2.45) is 0 Å². The molecule has 0 atom stereocenters. The predicted molar refractivity (Wildman–Crippen MR) is 88.4 cm³/mol. The molecule has 0 unspecified atom stereocenters. The summed E-state index contributed by atoms with van der Waals surface area (Å²) in [6.45, 7) is 5.39. The fraction of sp³-hybridized carbons (Fsp3) is 0.588. The van der Waals surface area contributed by atoms with Crippen molar-refractivity contribution in [2.75, 3.05) is 6.54 Å². The van der Waals surface area contributed by atoms with E-state index in [1.165, 1.54) is 31.4 Å². The monoisotopic (exact) mass is 315 g/mol. The summed E-state index contributed by atoms with van der Waals surface area (Å²) in [5.74, 6) is 1.01. The van der Waals surface area contributed by atoms with E-state index in [1.807, 2.05) is 13.1 Å². The molecule has 0 saturated heterocycles. The van der Waals surface area contributed by atoms with Crippen molar-refractivity contribution in [3.63, 3.8) is 0 Å². The maximum absolute atomic E-state index is 12.2. The SMILES string of the molecule is CCn1nccc1C(=O)NCCc1ncc(C)n1C1CCCC1. The summed E-state index contributed by atoms with van der Waals surface area (Å²) in [7, 11) is 0. The van der Waals surface area contributed by atoms with E-state index in [1.54, 1.807) is 16.9 Å². The van der Waals surface area contributed by atoms with Crippen LogP contribution >= 0.6 is 0 Å². The lowest BCUT2D eigenvalue weighted by atomic mass is 10.2. The number of carbonyl (C=O) groups is 1. The molecule has 1 fully saturated rings. The summed E-state index contributed by atoms with van der Waals surface area (Å²) in [6.07, 6.45) is 9.46. The van der Waals surface area contributed by atoms with Crippen molar-refractivity contribution < 1.29 is 4.79 Å². The molecule has 124 valence electrons. The van der Waals surface area contributed by atoms with Crippen molar-refractivity contribution in [3.8, 4) is 0 Å². The van der Waals surface area contributed by atoms with Gasteiger partial charge in [0.1, 0.15) is 11.5 Å². The first-order valence-corrected chi connectivity index (χ1v) is 8.53. The van der Waals surface area contributed by atoms with E-state index >= 15 is 0 Å². The van der Waals surface area contributed by atoms with E-state index < -0.39 is 0 Å². The van der Waals surface area contributed by atoms with Crippen molar-refractivity contribution in [3.05, 3.63) is 35.7 Å². The highest BCUT2D eigenvalue weighted by Gasteiger charge is 2.21. The Morgan fingerprint density at radius 3 is 2.91 bits per heavy atom. The zero-order valence-corrected chi connectivity index (χ0v) is 14.0. The van der Waals surface area contributed by atoms with Gasteiger partial charge < -0.3 is 9.88 Å². The number of carbonyl (C=O) groups excluding carboxylic acids is 1. The van der Waals surface area contributed by atoms with Crippen LogP contribution in [0.5, 0.6) is 0 Å². The van der Waals surface area contributed by atoms with Crippen LogP contribution in [-0.4, -0.2) is 31.8 Å². The highest BCUT2D eigenvalue weighted by Crippen LogP contribution is 2.31. The summed E-state index contributed by atoms with van der Waals surface area (Å²) < 4.78 is 4.08. The number of imidazole rings is 1. The Hall–Kier alpha value is -2.11. The van der Waals surface area contributed by atoms with Crippen molar-refractivity contribution in [2.45, 2.75) is 58.5 Å². The zero-order valence-electron chi connectivity index (χ0n) is 14.0. The lowest BCUT2D eigenvalue weighted by Gasteiger charge is -2.17. The van der Waals surface area contributed by atoms with Crippen LogP contribution in [-0.2, 0) is 13.0 Å². The molecule has 1 aliphatic rings. The molecule has 2 heterocycles. The molecule has 2 aromatic heterocycles. The first kappa shape index (κ1) is 15.8. The van der Waals surface area contributed by atoms with Crippen LogP contribution in [0.2, 0.25) is 0 Å². The van der Waals surface area contributed by atoms with Crippen LogP contribution in [0.3, 0.4) is 0 Å². The molecule has 23 heavy (non-hydrogen) atoms. The smallest absolute Gasteiger partial charge is 0.269 e. The van der Waals surface area contributed by atoms with Crippen molar-refractivity contribution >= 4 is 5.91 Å². The molecular formula is C17H25N5O. The quantitative estimate of drug-likeness (QED) is 0.890. The highest BCUT2D eigenvalue weighted by atomic mass is 16.2. The number of nitrogens with zero attached hydrogens (tertiary/aromatic N) is 4. The average Bonchev–Trinajstić information content (AvgIpc) is 3.26. The number of hydrogen-bond donors (Lipinski definition) is 1. The van der Waals surface area contributed by atoms with Gasteiger partial charge in [-0.25, -0.2) is 4.98 Å². The summed E-state index contributed by atoms with van der Waals surface area (Å²) in [6, 6.07) is 2.34. The molecule has 0 aliphatic heterocycles. The minimum absolute atomic E-state index is 0.0694. The minimum atomic E-state index is -0.0694. The molecule has 0 spiro atoms. The Morgan fingerprint density at radius 1 is 1.39 bits per heavy atom. The summed E-state index contributed by atoms with van der Waals surface area (Å²) in [5.41, 5.74) is 1.84. The number of nitrogens with one attached hydrogen (secondary N) is 1. The van der Waals surface area contributed by atoms with Crippen LogP contribution < -0.4 is 5.32 Å². The molecule has 6 nitrogen and oxygen atoms in total. The Kier molecular flexibility index (Phi) is 4.79. The van der Waals surface area contributed by atoms with E-state index in [9.17, 15) is 4.79 Å². The number of aryl methyl sites for hydroxylation is 2. The Balaban J connectivity index is 1.60. The van der Waals surface area contributed by atoms with Gasteiger partial charge in [-0.15, -0.1) is 0 Å². The Labute approximate surface area is 136 Å². The van der Waals surface area contributed by atoms with Crippen LogP contribution in [0.1, 0.15) is 60.7 Å². The molecule has 3 rings (SSSR count). The van der Waals surface area contributed by atoms with Gasteiger partial charge in [-0.2, -0.15) is 5.10 Å². The molecule has 0 bridgehead atoms. The van der Waals surface area contributed by atoms with Gasteiger partial charge in [0.25, 0.3) is 5.91 Å². The van der Waals surface area contributed by atoms with Gasteiger partial charge in [-0.05, 0) is 32.8 Å². The molecule has 0 radical (unpaired) electrons. The third-order valence-corrected chi connectivity index (χ3v) is 4.63. The van der Waals surface area contributed by atoms with E-state index in [-0.39, 0.29) is 5.91 Å². The highest BCUT2D eigenvalue weighted by molar-refractivity contribution is 5.92. The fourth-order valence-electron chi connectivity index (χ4n) is 3.50. The average molecular weight is 315 g/mol. The van der Waals surface area contributed by atoms with E-state index in [4.69, 9.17) is 0 Å². The Bertz CT molecular complexity index is 666. The first-order valence-electron chi connectivity index (χ1n) is 8.53. The van der Waals surface area contributed by atoms with Gasteiger partial charge >= 0.3 is 0 Å². The summed E-state index contributed by atoms with van der Waals surface area (Å²) in [5, 5.41) is 7.11. The maximum Gasteiger partial charge on any atom is 0.269 e. The molecule has 1 N–H and O–H groups in total. The van der Waals surface area contributed by atoms with E-state index in [2.05, 4.69) is 26.9 Å². The van der Waals surface area contributed by atoms with Crippen molar-refractivity contribution in [1.29, 1.82) is 0 Å². The maximum atomic E-state index is 12.2. The third kappa shape index (κ3) is 3.30. The molecule has 1 aliphatic carbocycles. The second-order valence-corrected chi connectivity index (χ2v) is 6.16. The van der Waals surface area contributed by atoms with Gasteiger partial charge in [0.2, 0.25) is 0 Å². The minimum Gasteiger partial charge on any atom is -0.350 e.